The van der Waals surface area contributed by atoms with E-state index in [1.54, 1.807) is 36.7 Å². The average molecular weight is 239 g/mol. The van der Waals surface area contributed by atoms with Crippen LogP contribution in [0.15, 0.2) is 42.7 Å². The van der Waals surface area contributed by atoms with Gasteiger partial charge in [0.25, 0.3) is 0 Å². The summed E-state index contributed by atoms with van der Waals surface area (Å²) in [4.78, 5) is 5.99. The molecule has 0 aliphatic carbocycles. The Kier molecular flexibility index (Phi) is 3.44. The van der Waals surface area contributed by atoms with E-state index in [1.807, 2.05) is 17.9 Å². The number of anilines is 2. The van der Waals surface area contributed by atoms with Crippen LogP contribution in [0.3, 0.4) is 0 Å². The fraction of sp³-hybridized carbons (Fsp3) is 0.143. The smallest absolute Gasteiger partial charge is 0.117 e. The summed E-state index contributed by atoms with van der Waals surface area (Å²) in [6.45, 7) is 2.67. The van der Waals surface area contributed by atoms with E-state index in [-0.39, 0.29) is 5.75 Å². The summed E-state index contributed by atoms with van der Waals surface area (Å²) < 4.78 is 0. The van der Waals surface area contributed by atoms with Gasteiger partial charge >= 0.3 is 0 Å². The molecule has 0 fully saturated rings. The Hall–Kier alpha value is -2.54. The Balaban J connectivity index is 2.49. The van der Waals surface area contributed by atoms with E-state index >= 15 is 0 Å². The highest BCUT2D eigenvalue weighted by Gasteiger charge is 2.12. The van der Waals surface area contributed by atoms with Crippen molar-refractivity contribution < 1.29 is 5.11 Å². The number of aromatic hydroxyl groups is 1. The second-order valence-electron chi connectivity index (χ2n) is 3.77. The number of hydrogen-bond donors (Lipinski definition) is 1. The summed E-state index contributed by atoms with van der Waals surface area (Å²) >= 11 is 0. The van der Waals surface area contributed by atoms with E-state index in [9.17, 15) is 5.11 Å². The van der Waals surface area contributed by atoms with Crippen LogP contribution in [0, 0.1) is 11.3 Å². The third kappa shape index (κ3) is 2.25. The Morgan fingerprint density at radius 3 is 2.89 bits per heavy atom. The first-order chi connectivity index (χ1) is 8.76. The van der Waals surface area contributed by atoms with Crippen molar-refractivity contribution in [3.63, 3.8) is 0 Å². The standard InChI is InChI=1S/C14H13N3O/c1-2-17(12-4-3-5-13(18)8-12)14-10-16-7-6-11(14)9-15/h3-8,10,18H,2H2,1H3. The van der Waals surface area contributed by atoms with Crippen LogP contribution in [0.5, 0.6) is 5.75 Å². The molecule has 1 aromatic carbocycles. The van der Waals surface area contributed by atoms with Gasteiger partial charge in [-0.25, -0.2) is 0 Å². The highest BCUT2D eigenvalue weighted by atomic mass is 16.3. The van der Waals surface area contributed by atoms with Crippen LogP contribution in [-0.2, 0) is 0 Å². The number of aromatic nitrogens is 1. The molecule has 1 heterocycles. The van der Waals surface area contributed by atoms with Crippen LogP contribution in [0.1, 0.15) is 12.5 Å². The molecule has 2 rings (SSSR count). The van der Waals surface area contributed by atoms with Crippen LogP contribution in [0.2, 0.25) is 0 Å². The Labute approximate surface area is 106 Å². The van der Waals surface area contributed by atoms with Gasteiger partial charge in [0.2, 0.25) is 0 Å². The van der Waals surface area contributed by atoms with E-state index in [0.717, 1.165) is 11.4 Å². The first-order valence-electron chi connectivity index (χ1n) is 5.67. The lowest BCUT2D eigenvalue weighted by Crippen LogP contribution is -2.17. The van der Waals surface area contributed by atoms with Gasteiger partial charge in [0.05, 0.1) is 17.4 Å². The maximum atomic E-state index is 9.52. The number of hydrogen-bond acceptors (Lipinski definition) is 4. The van der Waals surface area contributed by atoms with Gasteiger partial charge in [-0.15, -0.1) is 0 Å². The van der Waals surface area contributed by atoms with Gasteiger partial charge < -0.3 is 10.0 Å². The Morgan fingerprint density at radius 2 is 2.22 bits per heavy atom. The maximum absolute atomic E-state index is 9.52. The average Bonchev–Trinajstić information content (AvgIpc) is 2.40. The zero-order valence-corrected chi connectivity index (χ0v) is 10.0. The van der Waals surface area contributed by atoms with Crippen molar-refractivity contribution in [1.82, 2.24) is 4.98 Å². The minimum atomic E-state index is 0.202. The zero-order chi connectivity index (χ0) is 13.0. The van der Waals surface area contributed by atoms with Crippen molar-refractivity contribution in [3.8, 4) is 11.8 Å². The van der Waals surface area contributed by atoms with Crippen LogP contribution in [0.25, 0.3) is 0 Å². The number of rotatable bonds is 3. The quantitative estimate of drug-likeness (QED) is 0.894. The van der Waals surface area contributed by atoms with Crippen LogP contribution >= 0.6 is 0 Å². The molecule has 0 unspecified atom stereocenters. The molecular formula is C14H13N3O. The molecule has 0 radical (unpaired) electrons. The molecule has 0 aliphatic rings. The molecule has 0 bridgehead atoms. The molecule has 18 heavy (non-hydrogen) atoms. The van der Waals surface area contributed by atoms with Gasteiger partial charge in [-0.3, -0.25) is 4.98 Å². The largest absolute Gasteiger partial charge is 0.508 e. The third-order valence-electron chi connectivity index (χ3n) is 2.67. The summed E-state index contributed by atoms with van der Waals surface area (Å²) in [5.41, 5.74) is 2.14. The molecule has 1 N–H and O–H groups in total. The highest BCUT2D eigenvalue weighted by molar-refractivity contribution is 5.69. The monoisotopic (exact) mass is 239 g/mol. The molecule has 90 valence electrons. The van der Waals surface area contributed by atoms with Crippen molar-refractivity contribution in [1.29, 1.82) is 5.26 Å². The van der Waals surface area contributed by atoms with E-state index in [0.29, 0.717) is 12.1 Å². The lowest BCUT2D eigenvalue weighted by atomic mass is 10.2. The normalized spacial score (nSPS) is 9.78. The van der Waals surface area contributed by atoms with Crippen LogP contribution < -0.4 is 4.90 Å². The number of phenols is 1. The molecular weight excluding hydrogens is 226 g/mol. The molecule has 0 spiro atoms. The van der Waals surface area contributed by atoms with Gasteiger partial charge in [-0.2, -0.15) is 5.26 Å². The summed E-state index contributed by atoms with van der Waals surface area (Å²) in [5.74, 6) is 0.202. The number of nitrogens with zero attached hydrogens (tertiary/aromatic N) is 3. The number of phenolic OH excluding ortho intramolecular Hbond substituents is 1. The number of nitriles is 1. The van der Waals surface area contributed by atoms with Gasteiger partial charge in [-0.1, -0.05) is 6.07 Å². The fourth-order valence-electron chi connectivity index (χ4n) is 1.85. The fourth-order valence-corrected chi connectivity index (χ4v) is 1.85. The van der Waals surface area contributed by atoms with E-state index in [4.69, 9.17) is 5.26 Å². The van der Waals surface area contributed by atoms with Gasteiger partial charge in [0, 0.05) is 24.5 Å². The van der Waals surface area contributed by atoms with E-state index < -0.39 is 0 Å². The highest BCUT2D eigenvalue weighted by Crippen LogP contribution is 2.29. The summed E-state index contributed by atoms with van der Waals surface area (Å²) in [5, 5.41) is 18.6. The van der Waals surface area contributed by atoms with Crippen molar-refractivity contribution >= 4 is 11.4 Å². The first kappa shape index (κ1) is 11.9. The molecule has 0 aliphatic heterocycles. The lowest BCUT2D eigenvalue weighted by Gasteiger charge is -2.23. The molecule has 0 saturated heterocycles. The Morgan fingerprint density at radius 1 is 1.39 bits per heavy atom. The lowest BCUT2D eigenvalue weighted by molar-refractivity contribution is 0.475. The predicted octanol–water partition coefficient (Wildman–Crippen LogP) is 2.82. The predicted molar refractivity (Wildman–Crippen MR) is 69.7 cm³/mol. The molecule has 0 atom stereocenters. The second-order valence-corrected chi connectivity index (χ2v) is 3.77. The molecule has 4 nitrogen and oxygen atoms in total. The van der Waals surface area contributed by atoms with Gasteiger partial charge in [-0.05, 0) is 25.1 Å². The van der Waals surface area contributed by atoms with Crippen LogP contribution in [-0.4, -0.2) is 16.6 Å². The third-order valence-corrected chi connectivity index (χ3v) is 2.67. The zero-order valence-electron chi connectivity index (χ0n) is 10.0. The number of pyridine rings is 1. The summed E-state index contributed by atoms with van der Waals surface area (Å²) in [7, 11) is 0. The topological polar surface area (TPSA) is 60.1 Å². The Bertz CT molecular complexity index is 590. The summed E-state index contributed by atoms with van der Waals surface area (Å²) in [6, 6.07) is 10.8. The minimum Gasteiger partial charge on any atom is -0.508 e. The number of benzene rings is 1. The summed E-state index contributed by atoms with van der Waals surface area (Å²) in [6.07, 6.45) is 3.25. The maximum Gasteiger partial charge on any atom is 0.117 e. The van der Waals surface area contributed by atoms with Crippen molar-refractivity contribution in [3.05, 3.63) is 48.3 Å². The second kappa shape index (κ2) is 5.19. The van der Waals surface area contributed by atoms with Gasteiger partial charge in [0.15, 0.2) is 0 Å². The molecule has 0 saturated carbocycles. The molecule has 0 amide bonds. The minimum absolute atomic E-state index is 0.202. The van der Waals surface area contributed by atoms with Gasteiger partial charge in [0.1, 0.15) is 11.8 Å². The van der Waals surface area contributed by atoms with Crippen molar-refractivity contribution in [2.75, 3.05) is 11.4 Å². The SMILES string of the molecule is CCN(c1cccc(O)c1)c1cnccc1C#N. The van der Waals surface area contributed by atoms with Crippen LogP contribution in [0.4, 0.5) is 11.4 Å². The van der Waals surface area contributed by atoms with E-state index in [1.165, 1.54) is 0 Å². The molecule has 2 aromatic rings. The van der Waals surface area contributed by atoms with E-state index in [2.05, 4.69) is 11.1 Å². The first-order valence-corrected chi connectivity index (χ1v) is 5.67. The molecule has 1 aromatic heterocycles. The van der Waals surface area contributed by atoms with Crippen molar-refractivity contribution in [2.24, 2.45) is 0 Å². The molecule has 4 heteroatoms. The van der Waals surface area contributed by atoms with Crippen molar-refractivity contribution in [2.45, 2.75) is 6.92 Å².